The highest BCUT2D eigenvalue weighted by atomic mass is 16.5. The molecule has 8 nitrogen and oxygen atoms in total. The van der Waals surface area contributed by atoms with Gasteiger partial charge in [0.15, 0.2) is 0 Å². The smallest absolute Gasteiger partial charge is 0.241 e. The van der Waals surface area contributed by atoms with Crippen molar-refractivity contribution in [2.24, 2.45) is 0 Å². The van der Waals surface area contributed by atoms with Gasteiger partial charge in [0.1, 0.15) is 6.33 Å². The predicted octanol–water partition coefficient (Wildman–Crippen LogP) is 0.866. The van der Waals surface area contributed by atoms with Crippen LogP contribution in [0.5, 0.6) is 0 Å². The fraction of sp³-hybridized carbons (Fsp3) is 0.500. The standard InChI is InChI=1S/C12H19N7O/c1-4-20-12(2,3)7-15-10-16-9(13)17-11(18-10)19-6-5-14-8-19/h5-6,8H,4,7H2,1-3H3,(H3,13,15,16,17,18). The van der Waals surface area contributed by atoms with E-state index in [9.17, 15) is 0 Å². The second kappa shape index (κ2) is 5.83. The van der Waals surface area contributed by atoms with Gasteiger partial charge in [-0.2, -0.15) is 15.0 Å². The number of hydrogen-bond donors (Lipinski definition) is 2. The maximum Gasteiger partial charge on any atom is 0.241 e. The molecule has 0 atom stereocenters. The number of rotatable bonds is 6. The van der Waals surface area contributed by atoms with Gasteiger partial charge in [0.2, 0.25) is 17.8 Å². The number of ether oxygens (including phenoxy) is 1. The molecule has 3 N–H and O–H groups in total. The molecule has 0 spiro atoms. The lowest BCUT2D eigenvalue weighted by molar-refractivity contribution is 0.000579. The number of nitrogens with one attached hydrogen (secondary N) is 1. The summed E-state index contributed by atoms with van der Waals surface area (Å²) in [5.74, 6) is 0.987. The van der Waals surface area contributed by atoms with Gasteiger partial charge in [-0.3, -0.25) is 4.57 Å². The molecule has 0 aliphatic heterocycles. The zero-order valence-corrected chi connectivity index (χ0v) is 11.9. The minimum atomic E-state index is -0.314. The van der Waals surface area contributed by atoms with Crippen LogP contribution < -0.4 is 11.1 Å². The average molecular weight is 277 g/mol. The van der Waals surface area contributed by atoms with Crippen molar-refractivity contribution >= 4 is 11.9 Å². The van der Waals surface area contributed by atoms with Crippen LogP contribution in [0.1, 0.15) is 20.8 Å². The summed E-state index contributed by atoms with van der Waals surface area (Å²) in [6.45, 7) is 7.15. The first-order valence-electron chi connectivity index (χ1n) is 6.38. The molecule has 2 aromatic rings. The first-order valence-corrected chi connectivity index (χ1v) is 6.38. The molecule has 0 fully saturated rings. The van der Waals surface area contributed by atoms with Gasteiger partial charge in [-0.15, -0.1) is 0 Å². The van der Waals surface area contributed by atoms with Gasteiger partial charge in [0.05, 0.1) is 5.60 Å². The van der Waals surface area contributed by atoms with E-state index in [0.717, 1.165) is 0 Å². The number of anilines is 2. The zero-order valence-electron chi connectivity index (χ0n) is 11.9. The van der Waals surface area contributed by atoms with E-state index in [1.807, 2.05) is 20.8 Å². The van der Waals surface area contributed by atoms with E-state index in [0.29, 0.717) is 25.0 Å². The summed E-state index contributed by atoms with van der Waals surface area (Å²) in [7, 11) is 0. The van der Waals surface area contributed by atoms with Crippen molar-refractivity contribution in [3.63, 3.8) is 0 Å². The Bertz CT molecular complexity index is 553. The number of nitrogens with zero attached hydrogens (tertiary/aromatic N) is 5. The fourth-order valence-electron chi connectivity index (χ4n) is 1.69. The van der Waals surface area contributed by atoms with E-state index in [-0.39, 0.29) is 11.5 Å². The van der Waals surface area contributed by atoms with E-state index in [1.165, 1.54) is 0 Å². The largest absolute Gasteiger partial charge is 0.374 e. The molecule has 2 heterocycles. The predicted molar refractivity (Wildman–Crippen MR) is 75.6 cm³/mol. The average Bonchev–Trinajstić information content (AvgIpc) is 2.90. The number of nitrogen functional groups attached to an aromatic ring is 1. The van der Waals surface area contributed by atoms with Crippen LogP contribution in [0.3, 0.4) is 0 Å². The van der Waals surface area contributed by atoms with Gasteiger partial charge in [-0.1, -0.05) is 0 Å². The summed E-state index contributed by atoms with van der Waals surface area (Å²) in [6.07, 6.45) is 4.98. The molecule has 20 heavy (non-hydrogen) atoms. The molecule has 2 aromatic heterocycles. The highest BCUT2D eigenvalue weighted by Gasteiger charge is 2.18. The Hall–Kier alpha value is -2.22. The van der Waals surface area contributed by atoms with Crippen molar-refractivity contribution in [3.05, 3.63) is 18.7 Å². The molecule has 0 radical (unpaired) electrons. The molecular weight excluding hydrogens is 258 g/mol. The first-order chi connectivity index (χ1) is 9.50. The molecule has 0 unspecified atom stereocenters. The molecule has 108 valence electrons. The van der Waals surface area contributed by atoms with E-state index in [1.54, 1.807) is 23.3 Å². The summed E-state index contributed by atoms with van der Waals surface area (Å²) in [5, 5.41) is 3.11. The van der Waals surface area contributed by atoms with Crippen molar-refractivity contribution in [2.75, 3.05) is 24.2 Å². The fourth-order valence-corrected chi connectivity index (χ4v) is 1.69. The van der Waals surface area contributed by atoms with Gasteiger partial charge < -0.3 is 15.8 Å². The summed E-state index contributed by atoms with van der Waals surface area (Å²) in [6, 6.07) is 0. The Balaban J connectivity index is 2.13. The highest BCUT2D eigenvalue weighted by Crippen LogP contribution is 2.11. The second-order valence-corrected chi connectivity index (χ2v) is 4.83. The molecule has 2 rings (SSSR count). The SMILES string of the molecule is CCOC(C)(C)CNc1nc(N)nc(-n2ccnc2)n1. The van der Waals surface area contributed by atoms with Crippen LogP contribution in [-0.4, -0.2) is 43.3 Å². The highest BCUT2D eigenvalue weighted by molar-refractivity contribution is 5.35. The van der Waals surface area contributed by atoms with Crippen molar-refractivity contribution < 1.29 is 4.74 Å². The number of aromatic nitrogens is 5. The van der Waals surface area contributed by atoms with E-state index >= 15 is 0 Å². The summed E-state index contributed by atoms with van der Waals surface area (Å²) in [5.41, 5.74) is 5.38. The molecular formula is C12H19N7O. The lowest BCUT2D eigenvalue weighted by Crippen LogP contribution is -2.34. The summed E-state index contributed by atoms with van der Waals surface area (Å²) < 4.78 is 7.27. The normalized spacial score (nSPS) is 11.6. The third-order valence-electron chi connectivity index (χ3n) is 2.58. The van der Waals surface area contributed by atoms with Crippen molar-refractivity contribution in [3.8, 4) is 5.95 Å². The van der Waals surface area contributed by atoms with Crippen LogP contribution in [0, 0.1) is 0 Å². The summed E-state index contributed by atoms with van der Waals surface area (Å²) >= 11 is 0. The quantitative estimate of drug-likeness (QED) is 0.807. The number of nitrogens with two attached hydrogens (primary N) is 1. The van der Waals surface area contributed by atoms with Crippen molar-refractivity contribution in [2.45, 2.75) is 26.4 Å². The van der Waals surface area contributed by atoms with Gasteiger partial charge in [0, 0.05) is 25.5 Å². The molecule has 0 aliphatic carbocycles. The Kier molecular flexibility index (Phi) is 4.14. The van der Waals surface area contributed by atoms with Crippen LogP contribution >= 0.6 is 0 Å². The molecule has 0 amide bonds. The van der Waals surface area contributed by atoms with E-state index in [2.05, 4.69) is 25.3 Å². The number of imidazole rings is 1. The van der Waals surface area contributed by atoms with Crippen molar-refractivity contribution in [1.82, 2.24) is 24.5 Å². The molecule has 8 heteroatoms. The molecule has 0 aliphatic rings. The van der Waals surface area contributed by atoms with Gasteiger partial charge in [0.25, 0.3) is 0 Å². The molecule has 0 saturated heterocycles. The Morgan fingerprint density at radius 2 is 2.15 bits per heavy atom. The third kappa shape index (κ3) is 3.64. The minimum Gasteiger partial charge on any atom is -0.374 e. The van der Waals surface area contributed by atoms with Crippen LogP contribution in [-0.2, 0) is 4.74 Å². The van der Waals surface area contributed by atoms with Gasteiger partial charge in [-0.05, 0) is 20.8 Å². The minimum absolute atomic E-state index is 0.153. The topological polar surface area (TPSA) is 104 Å². The monoisotopic (exact) mass is 277 g/mol. The zero-order chi connectivity index (χ0) is 14.6. The van der Waals surface area contributed by atoms with Crippen LogP contribution in [0.2, 0.25) is 0 Å². The van der Waals surface area contributed by atoms with Crippen LogP contribution in [0.4, 0.5) is 11.9 Å². The van der Waals surface area contributed by atoms with Crippen molar-refractivity contribution in [1.29, 1.82) is 0 Å². The molecule has 0 bridgehead atoms. The summed E-state index contributed by atoms with van der Waals surface area (Å²) in [4.78, 5) is 16.4. The van der Waals surface area contributed by atoms with Gasteiger partial charge >= 0.3 is 0 Å². The lowest BCUT2D eigenvalue weighted by atomic mass is 10.1. The molecule has 0 aromatic carbocycles. The first kappa shape index (κ1) is 14.2. The third-order valence-corrected chi connectivity index (χ3v) is 2.58. The van der Waals surface area contributed by atoms with Crippen LogP contribution in [0.25, 0.3) is 5.95 Å². The van der Waals surface area contributed by atoms with E-state index in [4.69, 9.17) is 10.5 Å². The Labute approximate surface area is 117 Å². The van der Waals surface area contributed by atoms with Crippen LogP contribution in [0.15, 0.2) is 18.7 Å². The molecule has 0 saturated carbocycles. The van der Waals surface area contributed by atoms with Gasteiger partial charge in [-0.25, -0.2) is 4.98 Å². The number of hydrogen-bond acceptors (Lipinski definition) is 7. The Morgan fingerprint density at radius 3 is 2.80 bits per heavy atom. The van der Waals surface area contributed by atoms with E-state index < -0.39 is 0 Å². The maximum atomic E-state index is 5.70. The lowest BCUT2D eigenvalue weighted by Gasteiger charge is -2.24. The Morgan fingerprint density at radius 1 is 1.35 bits per heavy atom. The second-order valence-electron chi connectivity index (χ2n) is 4.83. The maximum absolute atomic E-state index is 5.70.